The summed E-state index contributed by atoms with van der Waals surface area (Å²) in [6.45, 7) is 2.21. The van der Waals surface area contributed by atoms with Crippen LogP contribution in [0.4, 0.5) is 4.39 Å². The van der Waals surface area contributed by atoms with Crippen molar-refractivity contribution in [2.24, 2.45) is 5.41 Å². The molecule has 86 valence electrons. The molecule has 3 heteroatoms. The Hall–Kier alpha value is -0.600. The topological polar surface area (TPSA) is 12.0 Å². The average Bonchev–Trinajstić information content (AvgIpc) is 2.66. The maximum atomic E-state index is 13.7. The molecule has 0 aromatic heterocycles. The van der Waals surface area contributed by atoms with Crippen molar-refractivity contribution in [1.29, 1.82) is 0 Å². The summed E-state index contributed by atoms with van der Waals surface area (Å²) in [5.41, 5.74) is 1.27. The standard InChI is InChI=1S/C13H15ClFN/c14-10-1-2-12(15)11(5-10)9-3-4-13(6-9)7-16-8-13/h1-2,5,9,16H,3-4,6-8H2. The summed E-state index contributed by atoms with van der Waals surface area (Å²) in [7, 11) is 0. The van der Waals surface area contributed by atoms with Gasteiger partial charge in [-0.2, -0.15) is 0 Å². The van der Waals surface area contributed by atoms with Gasteiger partial charge in [-0.25, -0.2) is 4.39 Å². The van der Waals surface area contributed by atoms with Crippen molar-refractivity contribution in [2.45, 2.75) is 25.2 Å². The van der Waals surface area contributed by atoms with E-state index in [-0.39, 0.29) is 5.82 Å². The van der Waals surface area contributed by atoms with E-state index in [1.54, 1.807) is 12.1 Å². The van der Waals surface area contributed by atoms with Crippen molar-refractivity contribution in [3.63, 3.8) is 0 Å². The van der Waals surface area contributed by atoms with Gasteiger partial charge in [-0.3, -0.25) is 0 Å². The van der Waals surface area contributed by atoms with Gasteiger partial charge < -0.3 is 5.32 Å². The van der Waals surface area contributed by atoms with Crippen LogP contribution in [-0.2, 0) is 0 Å². The van der Waals surface area contributed by atoms with Crippen molar-refractivity contribution in [2.75, 3.05) is 13.1 Å². The first-order valence-corrected chi connectivity index (χ1v) is 6.22. The Labute approximate surface area is 100.0 Å². The molecule has 1 N–H and O–H groups in total. The summed E-state index contributed by atoms with van der Waals surface area (Å²) in [5, 5.41) is 3.96. The largest absolute Gasteiger partial charge is 0.316 e. The summed E-state index contributed by atoms with van der Waals surface area (Å²) in [6.07, 6.45) is 3.42. The summed E-state index contributed by atoms with van der Waals surface area (Å²) in [4.78, 5) is 0. The van der Waals surface area contributed by atoms with Crippen LogP contribution < -0.4 is 5.32 Å². The van der Waals surface area contributed by atoms with Crippen molar-refractivity contribution >= 4 is 11.6 Å². The van der Waals surface area contributed by atoms with Crippen LogP contribution in [0, 0.1) is 11.2 Å². The van der Waals surface area contributed by atoms with Gasteiger partial charge >= 0.3 is 0 Å². The first-order valence-electron chi connectivity index (χ1n) is 5.84. The number of hydrogen-bond donors (Lipinski definition) is 1. The predicted molar refractivity (Wildman–Crippen MR) is 63.3 cm³/mol. The van der Waals surface area contributed by atoms with Gasteiger partial charge in [-0.1, -0.05) is 11.6 Å². The van der Waals surface area contributed by atoms with Crippen molar-refractivity contribution in [3.8, 4) is 0 Å². The fourth-order valence-electron chi connectivity index (χ4n) is 3.10. The Kier molecular flexibility index (Phi) is 2.45. The fourth-order valence-corrected chi connectivity index (χ4v) is 3.28. The summed E-state index contributed by atoms with van der Waals surface area (Å²) >= 11 is 5.94. The third kappa shape index (κ3) is 1.64. The van der Waals surface area contributed by atoms with Gasteiger partial charge in [-0.15, -0.1) is 0 Å². The molecule has 1 saturated heterocycles. The molecule has 0 amide bonds. The minimum atomic E-state index is -0.0984. The number of nitrogens with one attached hydrogen (secondary N) is 1. The number of hydrogen-bond acceptors (Lipinski definition) is 1. The smallest absolute Gasteiger partial charge is 0.126 e. The maximum absolute atomic E-state index is 13.7. The molecule has 1 saturated carbocycles. The van der Waals surface area contributed by atoms with Crippen LogP contribution in [0.5, 0.6) is 0 Å². The van der Waals surface area contributed by atoms with E-state index >= 15 is 0 Å². The molecule has 2 fully saturated rings. The predicted octanol–water partition coefficient (Wildman–Crippen LogP) is 3.34. The molecule has 1 aromatic rings. The van der Waals surface area contributed by atoms with Crippen LogP contribution in [-0.4, -0.2) is 13.1 Å². The highest BCUT2D eigenvalue weighted by molar-refractivity contribution is 6.30. The number of benzene rings is 1. The van der Waals surface area contributed by atoms with Gasteiger partial charge in [0.05, 0.1) is 0 Å². The molecule has 16 heavy (non-hydrogen) atoms. The highest BCUT2D eigenvalue weighted by Crippen LogP contribution is 2.49. The van der Waals surface area contributed by atoms with Crippen LogP contribution in [0.25, 0.3) is 0 Å². The molecule has 1 aromatic carbocycles. The Bertz CT molecular complexity index is 414. The molecule has 2 aliphatic rings. The van der Waals surface area contributed by atoms with E-state index in [0.717, 1.165) is 31.5 Å². The quantitative estimate of drug-likeness (QED) is 0.793. The Balaban J connectivity index is 1.85. The monoisotopic (exact) mass is 239 g/mol. The molecule has 0 radical (unpaired) electrons. The molecular weight excluding hydrogens is 225 g/mol. The van der Waals surface area contributed by atoms with Crippen molar-refractivity contribution in [3.05, 3.63) is 34.6 Å². The molecule has 1 nitrogen and oxygen atoms in total. The lowest BCUT2D eigenvalue weighted by Gasteiger charge is -2.39. The molecule has 1 aliphatic carbocycles. The van der Waals surface area contributed by atoms with Gasteiger partial charge in [0.1, 0.15) is 5.82 Å². The van der Waals surface area contributed by atoms with E-state index in [9.17, 15) is 4.39 Å². The highest BCUT2D eigenvalue weighted by Gasteiger charge is 2.44. The third-order valence-corrected chi connectivity index (χ3v) is 4.34. The average molecular weight is 240 g/mol. The lowest BCUT2D eigenvalue weighted by Crippen LogP contribution is -2.51. The summed E-state index contributed by atoms with van der Waals surface area (Å²) in [5.74, 6) is 0.263. The summed E-state index contributed by atoms with van der Waals surface area (Å²) in [6, 6.07) is 4.91. The van der Waals surface area contributed by atoms with E-state index in [0.29, 0.717) is 16.4 Å². The van der Waals surface area contributed by atoms with Gasteiger partial charge in [0.15, 0.2) is 0 Å². The lowest BCUT2D eigenvalue weighted by atomic mass is 9.79. The first-order chi connectivity index (χ1) is 7.69. The van der Waals surface area contributed by atoms with E-state index in [1.165, 1.54) is 12.5 Å². The zero-order chi connectivity index (χ0) is 11.2. The molecular formula is C13H15ClFN. The van der Waals surface area contributed by atoms with E-state index in [1.807, 2.05) is 0 Å². The van der Waals surface area contributed by atoms with E-state index in [4.69, 9.17) is 11.6 Å². The normalized spacial score (nSPS) is 27.0. The Morgan fingerprint density at radius 2 is 2.19 bits per heavy atom. The SMILES string of the molecule is Fc1ccc(Cl)cc1C1CCC2(CNC2)C1. The van der Waals surface area contributed by atoms with Crippen LogP contribution >= 0.6 is 11.6 Å². The second kappa shape index (κ2) is 3.71. The molecule has 1 unspecified atom stereocenters. The fraction of sp³-hybridized carbons (Fsp3) is 0.538. The first kappa shape index (κ1) is 10.5. The number of halogens is 2. The minimum Gasteiger partial charge on any atom is -0.316 e. The molecule has 1 aliphatic heterocycles. The zero-order valence-corrected chi connectivity index (χ0v) is 9.86. The van der Waals surface area contributed by atoms with E-state index in [2.05, 4.69) is 5.32 Å². The van der Waals surface area contributed by atoms with Gasteiger partial charge in [0.2, 0.25) is 0 Å². The van der Waals surface area contributed by atoms with Gasteiger partial charge in [-0.05, 0) is 54.4 Å². The van der Waals surface area contributed by atoms with Crippen LogP contribution in [0.1, 0.15) is 30.7 Å². The molecule has 3 rings (SSSR count). The Morgan fingerprint density at radius 1 is 1.38 bits per heavy atom. The van der Waals surface area contributed by atoms with E-state index < -0.39 is 0 Å². The third-order valence-electron chi connectivity index (χ3n) is 4.10. The zero-order valence-electron chi connectivity index (χ0n) is 9.10. The molecule has 0 bridgehead atoms. The molecule has 1 spiro atoms. The second-order valence-electron chi connectivity index (χ2n) is 5.21. The van der Waals surface area contributed by atoms with Crippen LogP contribution in [0.15, 0.2) is 18.2 Å². The molecule has 1 heterocycles. The number of rotatable bonds is 1. The maximum Gasteiger partial charge on any atom is 0.126 e. The van der Waals surface area contributed by atoms with Crippen molar-refractivity contribution < 1.29 is 4.39 Å². The van der Waals surface area contributed by atoms with Crippen LogP contribution in [0.2, 0.25) is 5.02 Å². The van der Waals surface area contributed by atoms with Gasteiger partial charge in [0, 0.05) is 18.1 Å². The lowest BCUT2D eigenvalue weighted by molar-refractivity contribution is 0.175. The second-order valence-corrected chi connectivity index (χ2v) is 5.65. The highest BCUT2D eigenvalue weighted by atomic mass is 35.5. The van der Waals surface area contributed by atoms with Gasteiger partial charge in [0.25, 0.3) is 0 Å². The Morgan fingerprint density at radius 3 is 2.81 bits per heavy atom. The van der Waals surface area contributed by atoms with Crippen LogP contribution in [0.3, 0.4) is 0 Å². The minimum absolute atomic E-state index is 0.0984. The molecule has 1 atom stereocenters. The summed E-state index contributed by atoms with van der Waals surface area (Å²) < 4.78 is 13.7. The van der Waals surface area contributed by atoms with Crippen molar-refractivity contribution in [1.82, 2.24) is 5.32 Å².